The molecule has 1 aliphatic rings. The third kappa shape index (κ3) is 3.53. The Balaban J connectivity index is 2.24. The summed E-state index contributed by atoms with van der Waals surface area (Å²) in [5, 5.41) is 0. The summed E-state index contributed by atoms with van der Waals surface area (Å²) in [6, 6.07) is 8.37. The Hall–Kier alpha value is -1.42. The van der Waals surface area contributed by atoms with Gasteiger partial charge in [0.25, 0.3) is 0 Å². The van der Waals surface area contributed by atoms with Crippen LogP contribution in [0.2, 0.25) is 0 Å². The third-order valence-corrected chi connectivity index (χ3v) is 4.94. The summed E-state index contributed by atoms with van der Waals surface area (Å²) in [5.74, 6) is -0.0406. The number of ketones is 1. The molecule has 102 valence electrons. The van der Waals surface area contributed by atoms with Gasteiger partial charge in [0, 0.05) is 6.42 Å². The Bertz CT molecular complexity index is 610. The second-order valence-electron chi connectivity index (χ2n) is 5.86. The summed E-state index contributed by atoms with van der Waals surface area (Å²) in [6.45, 7) is 3.99. The van der Waals surface area contributed by atoms with Crippen molar-refractivity contribution in [3.8, 4) is 0 Å². The minimum atomic E-state index is -3.35. The maximum absolute atomic E-state index is 12.3. The largest absolute Gasteiger partial charge is 0.295 e. The average Bonchev–Trinajstić information content (AvgIpc) is 2.26. The highest BCUT2D eigenvalue weighted by atomic mass is 32.2. The number of carbonyl (C=O) groups excluding carboxylic acids is 1. The zero-order chi connectivity index (χ0) is 14.1. The molecule has 2 rings (SSSR count). The number of allylic oxidation sites excluding steroid dienone is 1. The standard InChI is InChI=1S/C15H18O3S/c1-15(2)9-12(8-13(16)10-15)11-19(17,18)14-6-4-3-5-7-14/h3-8H,9-11H2,1-2H3. The van der Waals surface area contributed by atoms with Crippen molar-refractivity contribution in [2.75, 3.05) is 5.75 Å². The van der Waals surface area contributed by atoms with Gasteiger partial charge in [-0.2, -0.15) is 0 Å². The van der Waals surface area contributed by atoms with Crippen molar-refractivity contribution in [3.05, 3.63) is 42.0 Å². The van der Waals surface area contributed by atoms with Crippen molar-refractivity contribution in [2.24, 2.45) is 5.41 Å². The smallest absolute Gasteiger partial charge is 0.182 e. The number of carbonyl (C=O) groups is 1. The van der Waals surface area contributed by atoms with Gasteiger partial charge in [0.05, 0.1) is 10.6 Å². The van der Waals surface area contributed by atoms with Gasteiger partial charge >= 0.3 is 0 Å². The van der Waals surface area contributed by atoms with Crippen LogP contribution >= 0.6 is 0 Å². The van der Waals surface area contributed by atoms with E-state index in [9.17, 15) is 13.2 Å². The molecule has 0 unspecified atom stereocenters. The summed E-state index contributed by atoms with van der Waals surface area (Å²) in [5.41, 5.74) is 0.568. The normalized spacial score (nSPS) is 19.1. The monoisotopic (exact) mass is 278 g/mol. The minimum absolute atomic E-state index is 0.0227. The van der Waals surface area contributed by atoms with Crippen LogP contribution in [0.5, 0.6) is 0 Å². The van der Waals surface area contributed by atoms with E-state index in [1.165, 1.54) is 6.08 Å². The highest BCUT2D eigenvalue weighted by Gasteiger charge is 2.29. The van der Waals surface area contributed by atoms with Crippen LogP contribution < -0.4 is 0 Å². The van der Waals surface area contributed by atoms with Gasteiger partial charge in [-0.1, -0.05) is 37.6 Å². The predicted molar refractivity (Wildman–Crippen MR) is 74.6 cm³/mol. The molecule has 19 heavy (non-hydrogen) atoms. The Morgan fingerprint density at radius 3 is 2.32 bits per heavy atom. The fourth-order valence-electron chi connectivity index (χ4n) is 2.53. The molecule has 0 radical (unpaired) electrons. The Kier molecular flexibility index (Phi) is 3.63. The number of sulfone groups is 1. The molecule has 0 amide bonds. The van der Waals surface area contributed by atoms with Crippen LogP contribution in [0, 0.1) is 5.41 Å². The van der Waals surface area contributed by atoms with Crippen molar-refractivity contribution in [1.82, 2.24) is 0 Å². The van der Waals surface area contributed by atoms with Gasteiger partial charge in [0.15, 0.2) is 15.6 Å². The lowest BCUT2D eigenvalue weighted by Crippen LogP contribution is -2.24. The summed E-state index contributed by atoms with van der Waals surface area (Å²) in [4.78, 5) is 12.0. The van der Waals surface area contributed by atoms with Gasteiger partial charge in [-0.3, -0.25) is 4.79 Å². The Morgan fingerprint density at radius 1 is 1.11 bits per heavy atom. The van der Waals surface area contributed by atoms with Crippen LogP contribution in [0.3, 0.4) is 0 Å². The van der Waals surface area contributed by atoms with E-state index in [1.54, 1.807) is 30.3 Å². The fraction of sp³-hybridized carbons (Fsp3) is 0.400. The molecule has 0 N–H and O–H groups in total. The SMILES string of the molecule is CC1(C)CC(=O)C=C(CS(=O)(=O)c2ccccc2)C1. The van der Waals surface area contributed by atoms with Gasteiger partial charge in [-0.25, -0.2) is 8.42 Å². The zero-order valence-corrected chi connectivity index (χ0v) is 12.0. The van der Waals surface area contributed by atoms with Crippen molar-refractivity contribution >= 4 is 15.6 Å². The topological polar surface area (TPSA) is 51.2 Å². The molecule has 0 spiro atoms. The lowest BCUT2D eigenvalue weighted by atomic mass is 9.77. The molecule has 0 bridgehead atoms. The van der Waals surface area contributed by atoms with Crippen LogP contribution in [0.25, 0.3) is 0 Å². The van der Waals surface area contributed by atoms with Gasteiger partial charge < -0.3 is 0 Å². The maximum Gasteiger partial charge on any atom is 0.182 e. The Labute approximate surface area is 114 Å². The van der Waals surface area contributed by atoms with Gasteiger partial charge in [0.2, 0.25) is 0 Å². The maximum atomic E-state index is 12.3. The quantitative estimate of drug-likeness (QED) is 0.854. The highest BCUT2D eigenvalue weighted by molar-refractivity contribution is 7.91. The van der Waals surface area contributed by atoms with Crippen LogP contribution in [-0.4, -0.2) is 20.0 Å². The molecular formula is C15H18O3S. The molecule has 0 atom stereocenters. The first-order chi connectivity index (χ1) is 8.78. The summed E-state index contributed by atoms with van der Waals surface area (Å²) in [7, 11) is -3.35. The van der Waals surface area contributed by atoms with Crippen LogP contribution in [0.1, 0.15) is 26.7 Å². The summed E-state index contributed by atoms with van der Waals surface area (Å²) < 4.78 is 24.5. The molecule has 1 aromatic carbocycles. The molecular weight excluding hydrogens is 260 g/mol. The molecule has 1 aromatic rings. The molecule has 4 heteroatoms. The highest BCUT2D eigenvalue weighted by Crippen LogP contribution is 2.34. The minimum Gasteiger partial charge on any atom is -0.295 e. The lowest BCUT2D eigenvalue weighted by Gasteiger charge is -2.28. The molecule has 0 heterocycles. The first kappa shape index (κ1) is 14.0. The molecule has 0 fully saturated rings. The van der Waals surface area contributed by atoms with E-state index in [0.29, 0.717) is 23.3 Å². The van der Waals surface area contributed by atoms with Gasteiger partial charge in [-0.05, 0) is 30.0 Å². The number of hydrogen-bond donors (Lipinski definition) is 0. The van der Waals surface area contributed by atoms with E-state index >= 15 is 0 Å². The van der Waals surface area contributed by atoms with E-state index in [-0.39, 0.29) is 17.0 Å². The molecule has 0 aromatic heterocycles. The lowest BCUT2D eigenvalue weighted by molar-refractivity contribution is -0.117. The molecule has 0 saturated heterocycles. The molecule has 3 nitrogen and oxygen atoms in total. The first-order valence-corrected chi connectivity index (χ1v) is 7.94. The van der Waals surface area contributed by atoms with E-state index in [0.717, 1.165) is 0 Å². The number of hydrogen-bond acceptors (Lipinski definition) is 3. The fourth-order valence-corrected chi connectivity index (χ4v) is 3.94. The second-order valence-corrected chi connectivity index (χ2v) is 7.85. The van der Waals surface area contributed by atoms with Crippen molar-refractivity contribution in [1.29, 1.82) is 0 Å². The zero-order valence-electron chi connectivity index (χ0n) is 11.2. The summed E-state index contributed by atoms with van der Waals surface area (Å²) in [6.07, 6.45) is 2.65. The molecule has 1 aliphatic carbocycles. The van der Waals surface area contributed by atoms with Gasteiger partial charge in [-0.15, -0.1) is 0 Å². The van der Waals surface area contributed by atoms with E-state index < -0.39 is 9.84 Å². The number of rotatable bonds is 3. The second kappa shape index (κ2) is 4.93. The van der Waals surface area contributed by atoms with Crippen molar-refractivity contribution in [3.63, 3.8) is 0 Å². The van der Waals surface area contributed by atoms with Gasteiger partial charge in [0.1, 0.15) is 0 Å². The number of benzene rings is 1. The molecule has 0 aliphatic heterocycles. The van der Waals surface area contributed by atoms with Crippen LogP contribution in [0.15, 0.2) is 46.9 Å². The van der Waals surface area contributed by atoms with Crippen molar-refractivity contribution in [2.45, 2.75) is 31.6 Å². The van der Waals surface area contributed by atoms with Crippen LogP contribution in [-0.2, 0) is 14.6 Å². The summed E-state index contributed by atoms with van der Waals surface area (Å²) >= 11 is 0. The Morgan fingerprint density at radius 2 is 1.74 bits per heavy atom. The molecule has 0 saturated carbocycles. The van der Waals surface area contributed by atoms with Crippen LogP contribution in [0.4, 0.5) is 0 Å². The third-order valence-electron chi connectivity index (χ3n) is 3.20. The van der Waals surface area contributed by atoms with E-state index in [1.807, 2.05) is 13.8 Å². The predicted octanol–water partition coefficient (Wildman–Crippen LogP) is 2.78. The average molecular weight is 278 g/mol. The van der Waals surface area contributed by atoms with E-state index in [2.05, 4.69) is 0 Å². The first-order valence-electron chi connectivity index (χ1n) is 6.29. The van der Waals surface area contributed by atoms with E-state index in [4.69, 9.17) is 0 Å². The van der Waals surface area contributed by atoms with Crippen molar-refractivity contribution < 1.29 is 13.2 Å².